The Kier molecular flexibility index (Phi) is 6.29. The van der Waals surface area contributed by atoms with Gasteiger partial charge in [0.1, 0.15) is 11.2 Å². The van der Waals surface area contributed by atoms with Gasteiger partial charge >= 0.3 is 0 Å². The largest absolute Gasteiger partial charge is 0.456 e. The van der Waals surface area contributed by atoms with E-state index in [1.54, 1.807) is 0 Å². The zero-order valence-corrected chi connectivity index (χ0v) is 29.9. The van der Waals surface area contributed by atoms with Crippen molar-refractivity contribution in [2.45, 2.75) is 5.41 Å². The van der Waals surface area contributed by atoms with Gasteiger partial charge in [-0.05, 0) is 115 Å². The minimum absolute atomic E-state index is 0.429. The quantitative estimate of drug-likeness (QED) is 0.182. The standard InChI is InChI=1S/C53H33NO/c1-2-12-34(13-3-1)35-22-25-37(26-23-35)54(38-28-31-50-45(32-38)52-40-15-5-4-14-36(40)24-30-51(52)55-50)39-27-29-44-43-18-8-11-21-48(43)53(49(44)33-39)46-19-9-6-16-41(46)42-17-7-10-20-47(42)53/h1-33H. The summed E-state index contributed by atoms with van der Waals surface area (Å²) in [6.45, 7) is 0. The van der Waals surface area contributed by atoms with Crippen molar-refractivity contribution < 1.29 is 4.42 Å². The molecule has 1 heterocycles. The van der Waals surface area contributed by atoms with Crippen molar-refractivity contribution in [3.05, 3.63) is 222 Å². The minimum atomic E-state index is -0.429. The number of hydrogen-bond acceptors (Lipinski definition) is 2. The lowest BCUT2D eigenvalue weighted by Gasteiger charge is -2.32. The molecule has 2 aliphatic carbocycles. The predicted octanol–water partition coefficient (Wildman–Crippen LogP) is 14.2. The van der Waals surface area contributed by atoms with Crippen LogP contribution >= 0.6 is 0 Å². The maximum atomic E-state index is 6.48. The molecule has 2 aliphatic rings. The average molecular weight is 700 g/mol. The number of benzene rings is 9. The SMILES string of the molecule is c1ccc(-c2ccc(N(c3ccc4c(c3)C3(c5ccccc5-c5ccccc53)c3ccccc3-4)c3ccc4oc5ccc6ccccc6c5c4c3)cc2)cc1. The lowest BCUT2D eigenvalue weighted by Crippen LogP contribution is -2.26. The molecule has 0 saturated heterocycles. The van der Waals surface area contributed by atoms with Gasteiger partial charge in [-0.3, -0.25) is 0 Å². The number of nitrogens with zero attached hydrogens (tertiary/aromatic N) is 1. The summed E-state index contributed by atoms with van der Waals surface area (Å²) in [5.41, 5.74) is 17.6. The highest BCUT2D eigenvalue weighted by atomic mass is 16.3. The van der Waals surface area contributed by atoms with Crippen LogP contribution in [-0.4, -0.2) is 0 Å². The van der Waals surface area contributed by atoms with E-state index in [-0.39, 0.29) is 0 Å². The van der Waals surface area contributed by atoms with E-state index < -0.39 is 5.41 Å². The zero-order chi connectivity index (χ0) is 36.1. The molecule has 12 rings (SSSR count). The van der Waals surface area contributed by atoms with Crippen molar-refractivity contribution in [1.82, 2.24) is 0 Å². The first kappa shape index (κ1) is 30.3. The van der Waals surface area contributed by atoms with Gasteiger partial charge in [-0.2, -0.15) is 0 Å². The Labute approximate surface area is 319 Å². The molecule has 0 N–H and O–H groups in total. The molecule has 1 spiro atoms. The molecule has 0 unspecified atom stereocenters. The third-order valence-electron chi connectivity index (χ3n) is 12.1. The Hall–Kier alpha value is -7.16. The summed E-state index contributed by atoms with van der Waals surface area (Å²) >= 11 is 0. The highest BCUT2D eigenvalue weighted by Gasteiger charge is 2.51. The molecular formula is C53H33NO. The lowest BCUT2D eigenvalue weighted by atomic mass is 9.70. The predicted molar refractivity (Wildman–Crippen MR) is 228 cm³/mol. The van der Waals surface area contributed by atoms with Crippen LogP contribution in [0, 0.1) is 0 Å². The van der Waals surface area contributed by atoms with E-state index in [9.17, 15) is 0 Å². The second-order valence-electron chi connectivity index (χ2n) is 14.8. The smallest absolute Gasteiger partial charge is 0.136 e. The van der Waals surface area contributed by atoms with Crippen LogP contribution < -0.4 is 4.90 Å². The van der Waals surface area contributed by atoms with Gasteiger partial charge in [0.05, 0.1) is 5.41 Å². The number of anilines is 3. The van der Waals surface area contributed by atoms with Crippen LogP contribution in [0.1, 0.15) is 22.3 Å². The fourth-order valence-corrected chi connectivity index (χ4v) is 9.78. The summed E-state index contributed by atoms with van der Waals surface area (Å²) in [7, 11) is 0. The summed E-state index contributed by atoms with van der Waals surface area (Å²) in [6, 6.07) is 73.3. The molecule has 2 nitrogen and oxygen atoms in total. The lowest BCUT2D eigenvalue weighted by molar-refractivity contribution is 0.669. The van der Waals surface area contributed by atoms with Gasteiger partial charge in [0.15, 0.2) is 0 Å². The molecule has 0 bridgehead atoms. The van der Waals surface area contributed by atoms with Gasteiger partial charge in [-0.1, -0.05) is 152 Å². The van der Waals surface area contributed by atoms with Gasteiger partial charge in [-0.15, -0.1) is 0 Å². The first-order valence-electron chi connectivity index (χ1n) is 19.0. The Balaban J connectivity index is 1.12. The molecule has 1 aromatic heterocycles. The normalized spacial score (nSPS) is 13.2. The summed E-state index contributed by atoms with van der Waals surface area (Å²) < 4.78 is 6.48. The van der Waals surface area contributed by atoms with E-state index in [1.165, 1.54) is 66.4 Å². The fourth-order valence-electron chi connectivity index (χ4n) is 9.78. The Morgan fingerprint density at radius 2 is 0.873 bits per heavy atom. The minimum Gasteiger partial charge on any atom is -0.456 e. The summed E-state index contributed by atoms with van der Waals surface area (Å²) in [4.78, 5) is 2.42. The van der Waals surface area contributed by atoms with Crippen molar-refractivity contribution in [2.75, 3.05) is 4.90 Å². The van der Waals surface area contributed by atoms with E-state index in [0.717, 1.165) is 39.0 Å². The van der Waals surface area contributed by atoms with Crippen molar-refractivity contribution in [3.63, 3.8) is 0 Å². The number of hydrogen-bond donors (Lipinski definition) is 0. The summed E-state index contributed by atoms with van der Waals surface area (Å²) in [6.07, 6.45) is 0. The third-order valence-corrected chi connectivity index (χ3v) is 12.1. The summed E-state index contributed by atoms with van der Waals surface area (Å²) in [5.74, 6) is 0. The zero-order valence-electron chi connectivity index (χ0n) is 29.9. The van der Waals surface area contributed by atoms with Crippen LogP contribution in [0.3, 0.4) is 0 Å². The number of fused-ring (bicyclic) bond motifs is 15. The van der Waals surface area contributed by atoms with Gasteiger partial charge in [0, 0.05) is 27.8 Å². The number of rotatable bonds is 4. The Morgan fingerprint density at radius 1 is 0.345 bits per heavy atom. The first-order chi connectivity index (χ1) is 27.3. The van der Waals surface area contributed by atoms with Crippen LogP contribution in [0.5, 0.6) is 0 Å². The molecule has 0 fully saturated rings. The van der Waals surface area contributed by atoms with Crippen molar-refractivity contribution in [1.29, 1.82) is 0 Å². The molecule has 0 aliphatic heterocycles. The molecule has 0 amide bonds. The molecular weight excluding hydrogens is 667 g/mol. The van der Waals surface area contributed by atoms with Crippen LogP contribution in [0.4, 0.5) is 17.1 Å². The monoisotopic (exact) mass is 699 g/mol. The van der Waals surface area contributed by atoms with Gasteiger partial charge in [0.25, 0.3) is 0 Å². The van der Waals surface area contributed by atoms with Crippen LogP contribution in [0.15, 0.2) is 205 Å². The average Bonchev–Trinajstić information content (AvgIpc) is 3.88. The fraction of sp³-hybridized carbons (Fsp3) is 0.0189. The first-order valence-corrected chi connectivity index (χ1v) is 19.0. The third kappa shape index (κ3) is 4.19. The second-order valence-corrected chi connectivity index (χ2v) is 14.8. The van der Waals surface area contributed by atoms with Crippen molar-refractivity contribution >= 4 is 49.8 Å². The second kappa shape index (κ2) is 11.4. The Morgan fingerprint density at radius 3 is 1.58 bits per heavy atom. The van der Waals surface area contributed by atoms with E-state index in [0.29, 0.717) is 0 Å². The van der Waals surface area contributed by atoms with Gasteiger partial charge in [0.2, 0.25) is 0 Å². The van der Waals surface area contributed by atoms with Gasteiger partial charge < -0.3 is 9.32 Å². The van der Waals surface area contributed by atoms with Gasteiger partial charge in [-0.25, -0.2) is 0 Å². The highest BCUT2D eigenvalue weighted by molar-refractivity contribution is 6.19. The van der Waals surface area contributed by atoms with E-state index in [1.807, 2.05) is 0 Å². The number of furan rings is 1. The highest BCUT2D eigenvalue weighted by Crippen LogP contribution is 2.63. The van der Waals surface area contributed by atoms with E-state index in [2.05, 4.69) is 205 Å². The molecule has 256 valence electrons. The summed E-state index contributed by atoms with van der Waals surface area (Å²) in [5, 5.41) is 4.67. The molecule has 0 radical (unpaired) electrons. The van der Waals surface area contributed by atoms with Crippen LogP contribution in [-0.2, 0) is 5.41 Å². The molecule has 10 aromatic rings. The van der Waals surface area contributed by atoms with Crippen molar-refractivity contribution in [2.24, 2.45) is 0 Å². The maximum Gasteiger partial charge on any atom is 0.136 e. The van der Waals surface area contributed by atoms with Crippen molar-refractivity contribution in [3.8, 4) is 33.4 Å². The maximum absolute atomic E-state index is 6.48. The Bertz CT molecular complexity index is 3090. The topological polar surface area (TPSA) is 16.4 Å². The van der Waals surface area contributed by atoms with E-state index in [4.69, 9.17) is 4.42 Å². The molecule has 55 heavy (non-hydrogen) atoms. The molecule has 0 atom stereocenters. The molecule has 2 heteroatoms. The molecule has 0 saturated carbocycles. The molecule has 9 aromatic carbocycles. The van der Waals surface area contributed by atoms with Crippen LogP contribution in [0.2, 0.25) is 0 Å². The van der Waals surface area contributed by atoms with Crippen LogP contribution in [0.25, 0.3) is 66.1 Å². The van der Waals surface area contributed by atoms with E-state index >= 15 is 0 Å².